The molecule has 0 fully saturated rings. The molecular formula is C21H29N3O3. The highest BCUT2D eigenvalue weighted by Crippen LogP contribution is 2.27. The summed E-state index contributed by atoms with van der Waals surface area (Å²) in [4.78, 5) is 4.67. The Bertz CT molecular complexity index is 747. The highest BCUT2D eigenvalue weighted by molar-refractivity contribution is 5.79. The molecule has 0 unspecified atom stereocenters. The molecule has 0 radical (unpaired) electrons. The normalized spacial score (nSPS) is 11.2. The quantitative estimate of drug-likeness (QED) is 0.524. The monoisotopic (exact) mass is 371 g/mol. The molecule has 0 saturated heterocycles. The molecule has 0 saturated carbocycles. The molecule has 0 spiro atoms. The zero-order valence-corrected chi connectivity index (χ0v) is 16.5. The topological polar surface area (TPSA) is 64.1 Å². The number of hydrogen-bond donors (Lipinski definition) is 2. The van der Waals surface area contributed by atoms with Crippen LogP contribution in [0.5, 0.6) is 11.5 Å². The SMILES string of the molecule is CCNC(=NCc1cccc(COC)c1)NCc1ccc(OC)c(OC)c1. The second-order valence-corrected chi connectivity index (χ2v) is 5.99. The van der Waals surface area contributed by atoms with Gasteiger partial charge in [0.05, 0.1) is 27.4 Å². The van der Waals surface area contributed by atoms with Crippen molar-refractivity contribution in [2.75, 3.05) is 27.9 Å². The van der Waals surface area contributed by atoms with Crippen LogP contribution in [0.15, 0.2) is 47.5 Å². The molecule has 0 heterocycles. The molecule has 0 amide bonds. The smallest absolute Gasteiger partial charge is 0.191 e. The maximum atomic E-state index is 5.36. The summed E-state index contributed by atoms with van der Waals surface area (Å²) in [5.74, 6) is 2.20. The Morgan fingerprint density at radius 3 is 2.37 bits per heavy atom. The molecular weight excluding hydrogens is 342 g/mol. The maximum absolute atomic E-state index is 5.36. The van der Waals surface area contributed by atoms with Crippen LogP contribution in [0.2, 0.25) is 0 Å². The third-order valence-electron chi connectivity index (χ3n) is 3.97. The molecule has 0 bridgehead atoms. The fourth-order valence-corrected chi connectivity index (χ4v) is 2.67. The first-order valence-electron chi connectivity index (χ1n) is 9.00. The van der Waals surface area contributed by atoms with E-state index in [1.54, 1.807) is 21.3 Å². The van der Waals surface area contributed by atoms with Crippen LogP contribution in [-0.4, -0.2) is 33.8 Å². The van der Waals surface area contributed by atoms with Crippen molar-refractivity contribution in [3.8, 4) is 11.5 Å². The molecule has 0 aromatic heterocycles. The number of hydrogen-bond acceptors (Lipinski definition) is 4. The Morgan fingerprint density at radius 2 is 1.67 bits per heavy atom. The Morgan fingerprint density at radius 1 is 0.889 bits per heavy atom. The standard InChI is InChI=1S/C21H29N3O3/c1-5-22-21(23-13-16-7-6-8-18(11-16)15-25-2)24-14-17-9-10-19(26-3)20(12-17)27-4/h6-12H,5,13-15H2,1-4H3,(H2,22,23,24). The van der Waals surface area contributed by atoms with Crippen LogP contribution in [-0.2, 0) is 24.4 Å². The number of aliphatic imine (C=N–C) groups is 1. The largest absolute Gasteiger partial charge is 0.493 e. The molecule has 2 rings (SSSR count). The van der Waals surface area contributed by atoms with Gasteiger partial charge in [0.25, 0.3) is 0 Å². The summed E-state index contributed by atoms with van der Waals surface area (Å²) >= 11 is 0. The van der Waals surface area contributed by atoms with Crippen LogP contribution in [0.1, 0.15) is 23.6 Å². The molecule has 0 aliphatic carbocycles. The summed E-state index contributed by atoms with van der Waals surface area (Å²) in [7, 11) is 4.97. The van der Waals surface area contributed by atoms with Gasteiger partial charge in [0, 0.05) is 20.2 Å². The van der Waals surface area contributed by atoms with Gasteiger partial charge in [0.1, 0.15) is 0 Å². The number of ether oxygens (including phenoxy) is 3. The van der Waals surface area contributed by atoms with Gasteiger partial charge >= 0.3 is 0 Å². The van der Waals surface area contributed by atoms with Crippen molar-refractivity contribution in [2.45, 2.75) is 26.6 Å². The predicted octanol–water partition coefficient (Wildman–Crippen LogP) is 3.11. The number of nitrogens with zero attached hydrogens (tertiary/aromatic N) is 1. The van der Waals surface area contributed by atoms with Gasteiger partial charge < -0.3 is 24.8 Å². The Labute approximate surface area is 161 Å². The zero-order chi connectivity index (χ0) is 19.5. The number of methoxy groups -OCH3 is 3. The van der Waals surface area contributed by atoms with Gasteiger partial charge in [0.2, 0.25) is 0 Å². The molecule has 0 aliphatic rings. The van der Waals surface area contributed by atoms with Gasteiger partial charge in [-0.15, -0.1) is 0 Å². The lowest BCUT2D eigenvalue weighted by Gasteiger charge is -2.13. The zero-order valence-electron chi connectivity index (χ0n) is 16.5. The van der Waals surface area contributed by atoms with Crippen molar-refractivity contribution in [1.29, 1.82) is 0 Å². The van der Waals surface area contributed by atoms with Gasteiger partial charge in [-0.3, -0.25) is 0 Å². The molecule has 2 N–H and O–H groups in total. The van der Waals surface area contributed by atoms with E-state index in [0.717, 1.165) is 34.9 Å². The fraction of sp³-hybridized carbons (Fsp3) is 0.381. The number of guanidine groups is 1. The highest BCUT2D eigenvalue weighted by Gasteiger charge is 2.05. The van der Waals surface area contributed by atoms with Gasteiger partial charge in [-0.1, -0.05) is 30.3 Å². The van der Waals surface area contributed by atoms with Crippen molar-refractivity contribution in [1.82, 2.24) is 10.6 Å². The molecule has 6 nitrogen and oxygen atoms in total. The average Bonchev–Trinajstić information content (AvgIpc) is 2.70. The molecule has 2 aromatic carbocycles. The lowest BCUT2D eigenvalue weighted by molar-refractivity contribution is 0.185. The molecule has 146 valence electrons. The summed E-state index contributed by atoms with van der Waals surface area (Å²) < 4.78 is 15.8. The van der Waals surface area contributed by atoms with Crippen LogP contribution >= 0.6 is 0 Å². The summed E-state index contributed by atoms with van der Waals surface area (Å²) in [5.41, 5.74) is 3.38. The number of rotatable bonds is 9. The molecule has 27 heavy (non-hydrogen) atoms. The summed E-state index contributed by atoms with van der Waals surface area (Å²) in [6.07, 6.45) is 0. The van der Waals surface area contributed by atoms with Gasteiger partial charge in [-0.2, -0.15) is 0 Å². The molecule has 0 atom stereocenters. The van der Waals surface area contributed by atoms with E-state index in [1.807, 2.05) is 31.2 Å². The van der Waals surface area contributed by atoms with E-state index in [2.05, 4.69) is 33.8 Å². The summed E-state index contributed by atoms with van der Waals surface area (Å²) in [5, 5.41) is 6.63. The Hall–Kier alpha value is -2.73. The third-order valence-corrected chi connectivity index (χ3v) is 3.97. The predicted molar refractivity (Wildman–Crippen MR) is 108 cm³/mol. The van der Waals surface area contributed by atoms with Crippen LogP contribution in [0.3, 0.4) is 0 Å². The van der Waals surface area contributed by atoms with Crippen molar-refractivity contribution in [3.05, 3.63) is 59.2 Å². The summed E-state index contributed by atoms with van der Waals surface area (Å²) in [6, 6.07) is 14.1. The van der Waals surface area contributed by atoms with Crippen LogP contribution in [0.4, 0.5) is 0 Å². The van der Waals surface area contributed by atoms with E-state index in [9.17, 15) is 0 Å². The minimum atomic E-state index is 0.596. The third kappa shape index (κ3) is 6.49. The lowest BCUT2D eigenvalue weighted by atomic mass is 10.1. The van der Waals surface area contributed by atoms with Gasteiger partial charge in [-0.05, 0) is 35.7 Å². The van der Waals surface area contributed by atoms with E-state index in [-0.39, 0.29) is 0 Å². The van der Waals surface area contributed by atoms with E-state index in [0.29, 0.717) is 25.4 Å². The van der Waals surface area contributed by atoms with Gasteiger partial charge in [0.15, 0.2) is 17.5 Å². The maximum Gasteiger partial charge on any atom is 0.191 e. The first-order valence-corrected chi connectivity index (χ1v) is 9.00. The minimum Gasteiger partial charge on any atom is -0.493 e. The van der Waals surface area contributed by atoms with Crippen LogP contribution in [0, 0.1) is 0 Å². The van der Waals surface area contributed by atoms with Crippen molar-refractivity contribution in [3.63, 3.8) is 0 Å². The second-order valence-electron chi connectivity index (χ2n) is 5.99. The fourth-order valence-electron chi connectivity index (χ4n) is 2.67. The second kappa shape index (κ2) is 11.1. The minimum absolute atomic E-state index is 0.596. The van der Waals surface area contributed by atoms with Gasteiger partial charge in [-0.25, -0.2) is 4.99 Å². The Kier molecular flexibility index (Phi) is 8.45. The first-order chi connectivity index (χ1) is 13.2. The molecule has 0 aliphatic heterocycles. The number of benzene rings is 2. The van der Waals surface area contributed by atoms with E-state index < -0.39 is 0 Å². The molecule has 2 aromatic rings. The lowest BCUT2D eigenvalue weighted by Crippen LogP contribution is -2.36. The highest BCUT2D eigenvalue weighted by atomic mass is 16.5. The average molecular weight is 371 g/mol. The van der Waals surface area contributed by atoms with E-state index in [4.69, 9.17) is 14.2 Å². The summed E-state index contributed by atoms with van der Waals surface area (Å²) in [6.45, 7) is 4.68. The van der Waals surface area contributed by atoms with Crippen LogP contribution in [0.25, 0.3) is 0 Å². The first kappa shape index (κ1) is 20.6. The van der Waals surface area contributed by atoms with Crippen molar-refractivity contribution in [2.24, 2.45) is 4.99 Å². The van der Waals surface area contributed by atoms with Crippen molar-refractivity contribution >= 4 is 5.96 Å². The van der Waals surface area contributed by atoms with Crippen LogP contribution < -0.4 is 20.1 Å². The number of nitrogens with one attached hydrogen (secondary N) is 2. The molecule has 6 heteroatoms. The van der Waals surface area contributed by atoms with E-state index in [1.165, 1.54) is 0 Å². The van der Waals surface area contributed by atoms with E-state index >= 15 is 0 Å². The Balaban J connectivity index is 2.02. The van der Waals surface area contributed by atoms with Crippen molar-refractivity contribution < 1.29 is 14.2 Å².